The van der Waals surface area contributed by atoms with E-state index >= 15 is 0 Å². The molecule has 1 aromatic rings. The number of benzene rings is 1. The fraction of sp³-hybridized carbons (Fsp3) is 0.533. The highest BCUT2D eigenvalue weighted by molar-refractivity contribution is 5.73. The first-order valence-electron chi connectivity index (χ1n) is 7.17. The van der Waals surface area contributed by atoms with Crippen molar-refractivity contribution in [3.63, 3.8) is 0 Å². The predicted octanol–water partition coefficient (Wildman–Crippen LogP) is -0.317. The number of hydrogen-bond donors (Lipinski definition) is 3. The first-order valence-corrected chi connectivity index (χ1v) is 7.17. The van der Waals surface area contributed by atoms with Crippen molar-refractivity contribution in [3.8, 4) is 0 Å². The molecule has 2 aliphatic rings. The molecule has 7 nitrogen and oxygen atoms in total. The van der Waals surface area contributed by atoms with Gasteiger partial charge in [-0.2, -0.15) is 0 Å². The fourth-order valence-corrected chi connectivity index (χ4v) is 2.78. The number of rotatable bonds is 2. The van der Waals surface area contributed by atoms with Crippen molar-refractivity contribution < 1.29 is 29.2 Å². The lowest BCUT2D eigenvalue weighted by molar-refractivity contribution is -0.337. The third kappa shape index (κ3) is 2.99. The van der Waals surface area contributed by atoms with Gasteiger partial charge in [-0.05, 0) is 0 Å². The number of amides is 1. The van der Waals surface area contributed by atoms with Crippen molar-refractivity contribution in [1.29, 1.82) is 0 Å². The van der Waals surface area contributed by atoms with E-state index in [2.05, 4.69) is 5.32 Å². The molecule has 120 valence electrons. The number of ether oxygens (including phenoxy) is 3. The van der Waals surface area contributed by atoms with Crippen LogP contribution in [-0.4, -0.2) is 53.4 Å². The molecule has 2 heterocycles. The molecule has 0 unspecified atom stereocenters. The SMILES string of the molecule is CC(=O)N[C@@H]1[C@@H](O)[C@H]2O[C@@H](c3ccccc3)OC[C@H]2O[C@H]1O. The van der Waals surface area contributed by atoms with Crippen molar-refractivity contribution >= 4 is 5.91 Å². The maximum atomic E-state index is 11.2. The Morgan fingerprint density at radius 3 is 2.64 bits per heavy atom. The molecule has 2 saturated heterocycles. The van der Waals surface area contributed by atoms with Gasteiger partial charge < -0.3 is 29.7 Å². The number of carbonyl (C=O) groups excluding carboxylic acids is 1. The Kier molecular flexibility index (Phi) is 4.42. The summed E-state index contributed by atoms with van der Waals surface area (Å²) in [7, 11) is 0. The Bertz CT molecular complexity index is 524. The van der Waals surface area contributed by atoms with Gasteiger partial charge in [0.25, 0.3) is 0 Å². The molecule has 0 aromatic heterocycles. The average Bonchev–Trinajstić information content (AvgIpc) is 2.52. The van der Waals surface area contributed by atoms with Crippen molar-refractivity contribution in [2.24, 2.45) is 0 Å². The van der Waals surface area contributed by atoms with Crippen LogP contribution in [0.4, 0.5) is 0 Å². The molecule has 22 heavy (non-hydrogen) atoms. The Morgan fingerprint density at radius 2 is 1.95 bits per heavy atom. The molecule has 2 fully saturated rings. The molecular weight excluding hydrogens is 290 g/mol. The summed E-state index contributed by atoms with van der Waals surface area (Å²) in [6, 6.07) is 8.41. The van der Waals surface area contributed by atoms with Gasteiger partial charge in [-0.1, -0.05) is 30.3 Å². The first-order chi connectivity index (χ1) is 10.6. The Hall–Kier alpha value is -1.51. The van der Waals surface area contributed by atoms with Crippen molar-refractivity contribution in [1.82, 2.24) is 5.32 Å². The van der Waals surface area contributed by atoms with Gasteiger partial charge in [-0.15, -0.1) is 0 Å². The summed E-state index contributed by atoms with van der Waals surface area (Å²) in [6.07, 6.45) is -4.29. The van der Waals surface area contributed by atoms with Gasteiger partial charge >= 0.3 is 0 Å². The van der Waals surface area contributed by atoms with Gasteiger partial charge in [0.2, 0.25) is 5.91 Å². The molecular formula is C15H19NO6. The second-order valence-corrected chi connectivity index (χ2v) is 5.46. The van der Waals surface area contributed by atoms with E-state index in [4.69, 9.17) is 14.2 Å². The molecule has 1 aromatic carbocycles. The van der Waals surface area contributed by atoms with E-state index in [-0.39, 0.29) is 12.5 Å². The number of aliphatic hydroxyl groups is 2. The lowest BCUT2D eigenvalue weighted by Crippen LogP contribution is -2.66. The van der Waals surface area contributed by atoms with E-state index in [0.29, 0.717) is 0 Å². The second kappa shape index (κ2) is 6.31. The summed E-state index contributed by atoms with van der Waals surface area (Å²) in [6.45, 7) is 1.49. The van der Waals surface area contributed by atoms with Gasteiger partial charge in [0.1, 0.15) is 24.4 Å². The van der Waals surface area contributed by atoms with Gasteiger partial charge in [-0.25, -0.2) is 0 Å². The molecule has 3 N–H and O–H groups in total. The molecule has 3 rings (SSSR count). The highest BCUT2D eigenvalue weighted by Crippen LogP contribution is 2.33. The maximum Gasteiger partial charge on any atom is 0.217 e. The van der Waals surface area contributed by atoms with Crippen LogP contribution < -0.4 is 5.32 Å². The van der Waals surface area contributed by atoms with E-state index in [1.165, 1.54) is 6.92 Å². The zero-order valence-corrected chi connectivity index (χ0v) is 12.1. The Morgan fingerprint density at radius 1 is 1.23 bits per heavy atom. The highest BCUT2D eigenvalue weighted by atomic mass is 16.7. The molecule has 1 amide bonds. The monoisotopic (exact) mass is 309 g/mol. The van der Waals surface area contributed by atoms with Gasteiger partial charge in [0.05, 0.1) is 6.61 Å². The van der Waals surface area contributed by atoms with Crippen molar-refractivity contribution in [3.05, 3.63) is 35.9 Å². The van der Waals surface area contributed by atoms with Crippen LogP contribution in [0.15, 0.2) is 30.3 Å². The van der Waals surface area contributed by atoms with Crippen LogP contribution in [-0.2, 0) is 19.0 Å². The summed E-state index contributed by atoms with van der Waals surface area (Å²) in [5.74, 6) is -0.364. The van der Waals surface area contributed by atoms with Crippen LogP contribution in [0.5, 0.6) is 0 Å². The molecule has 0 spiro atoms. The molecule has 6 atom stereocenters. The quantitative estimate of drug-likeness (QED) is 0.693. The number of carbonyl (C=O) groups is 1. The average molecular weight is 309 g/mol. The second-order valence-electron chi connectivity index (χ2n) is 5.46. The zero-order valence-electron chi connectivity index (χ0n) is 12.1. The van der Waals surface area contributed by atoms with Crippen LogP contribution in [0.3, 0.4) is 0 Å². The highest BCUT2D eigenvalue weighted by Gasteiger charge is 2.49. The van der Waals surface area contributed by atoms with Gasteiger partial charge in [0, 0.05) is 12.5 Å². The van der Waals surface area contributed by atoms with E-state index in [9.17, 15) is 15.0 Å². The Labute approximate surface area is 127 Å². The molecule has 0 radical (unpaired) electrons. The topological polar surface area (TPSA) is 97.3 Å². The van der Waals surface area contributed by atoms with Gasteiger partial charge in [0.15, 0.2) is 12.6 Å². The summed E-state index contributed by atoms with van der Waals surface area (Å²) in [5.41, 5.74) is 0.829. The van der Waals surface area contributed by atoms with Crippen molar-refractivity contribution in [2.45, 2.75) is 43.9 Å². The maximum absolute atomic E-state index is 11.2. The lowest BCUT2D eigenvalue weighted by Gasteiger charge is -2.46. The minimum absolute atomic E-state index is 0.186. The third-order valence-electron chi connectivity index (χ3n) is 3.83. The number of nitrogens with one attached hydrogen (secondary N) is 1. The van der Waals surface area contributed by atoms with Crippen LogP contribution in [0.1, 0.15) is 18.8 Å². The van der Waals surface area contributed by atoms with Crippen LogP contribution in [0.25, 0.3) is 0 Å². The third-order valence-corrected chi connectivity index (χ3v) is 3.83. The molecule has 2 aliphatic heterocycles. The first kappa shape index (κ1) is 15.4. The van der Waals surface area contributed by atoms with E-state index < -0.39 is 36.9 Å². The normalized spacial score (nSPS) is 38.1. The Balaban J connectivity index is 1.75. The number of hydrogen-bond acceptors (Lipinski definition) is 6. The summed E-state index contributed by atoms with van der Waals surface area (Å²) in [4.78, 5) is 11.2. The summed E-state index contributed by atoms with van der Waals surface area (Å²) >= 11 is 0. The summed E-state index contributed by atoms with van der Waals surface area (Å²) in [5, 5.41) is 22.8. The largest absolute Gasteiger partial charge is 0.388 e. The van der Waals surface area contributed by atoms with E-state index in [1.807, 2.05) is 30.3 Å². The minimum Gasteiger partial charge on any atom is -0.388 e. The fourth-order valence-electron chi connectivity index (χ4n) is 2.78. The smallest absolute Gasteiger partial charge is 0.217 e. The number of fused-ring (bicyclic) bond motifs is 1. The van der Waals surface area contributed by atoms with Gasteiger partial charge in [-0.3, -0.25) is 4.79 Å². The molecule has 0 bridgehead atoms. The van der Waals surface area contributed by atoms with Crippen LogP contribution in [0, 0.1) is 0 Å². The van der Waals surface area contributed by atoms with E-state index in [1.54, 1.807) is 0 Å². The lowest BCUT2D eigenvalue weighted by atomic mass is 9.96. The minimum atomic E-state index is -1.30. The zero-order chi connectivity index (χ0) is 15.7. The molecule has 7 heteroatoms. The van der Waals surface area contributed by atoms with E-state index in [0.717, 1.165) is 5.56 Å². The standard InChI is InChI=1S/C15H19NO6/c1-8(17)16-11-12(18)13-10(21-14(11)19)7-20-15(22-13)9-5-3-2-4-6-9/h2-6,10-15,18-19H,7H2,1H3,(H,16,17)/t10-,11-,12-,13+,14-,15+/m1/s1. The molecule has 0 aliphatic carbocycles. The van der Waals surface area contributed by atoms with Crippen LogP contribution in [0.2, 0.25) is 0 Å². The van der Waals surface area contributed by atoms with Crippen molar-refractivity contribution in [2.75, 3.05) is 6.61 Å². The van der Waals surface area contributed by atoms with Crippen LogP contribution >= 0.6 is 0 Å². The predicted molar refractivity (Wildman–Crippen MR) is 74.5 cm³/mol. The summed E-state index contributed by atoms with van der Waals surface area (Å²) < 4.78 is 16.8. The number of aliphatic hydroxyl groups excluding tert-OH is 2. The molecule has 0 saturated carbocycles.